The highest BCUT2D eigenvalue weighted by molar-refractivity contribution is 5.90. The lowest BCUT2D eigenvalue weighted by Gasteiger charge is -2.19. The Morgan fingerprint density at radius 1 is 1.24 bits per heavy atom. The first-order valence-corrected chi connectivity index (χ1v) is 5.57. The lowest BCUT2D eigenvalue weighted by Crippen LogP contribution is -2.50. The molecule has 0 aliphatic heterocycles. The van der Waals surface area contributed by atoms with Gasteiger partial charge < -0.3 is 15.4 Å². The van der Waals surface area contributed by atoms with Crippen LogP contribution in [0.25, 0.3) is 0 Å². The van der Waals surface area contributed by atoms with E-state index in [1.165, 1.54) is 21.0 Å². The third-order valence-electron chi connectivity index (χ3n) is 2.18. The second-order valence-electron chi connectivity index (χ2n) is 3.80. The number of amides is 2. The quantitative estimate of drug-likeness (QED) is 0.642. The molecule has 0 aromatic heterocycles. The molecule has 0 fully saturated rings. The van der Waals surface area contributed by atoms with Gasteiger partial charge in [-0.1, -0.05) is 13.3 Å². The minimum atomic E-state index is -0.722. The van der Waals surface area contributed by atoms with Crippen LogP contribution in [-0.2, 0) is 19.1 Å². The van der Waals surface area contributed by atoms with E-state index in [1.807, 2.05) is 6.92 Å². The Balaban J connectivity index is 4.41. The number of hydrogen-bond donors (Lipinski definition) is 2. The van der Waals surface area contributed by atoms with Gasteiger partial charge in [-0.2, -0.15) is 0 Å². The van der Waals surface area contributed by atoms with Crippen LogP contribution in [0, 0.1) is 0 Å². The Labute approximate surface area is 101 Å². The van der Waals surface area contributed by atoms with Crippen molar-refractivity contribution in [3.63, 3.8) is 0 Å². The standard InChI is InChI=1S/C11H20N2O4/c1-5-6-9(13-8(3)14)10(15)12-7(2)11(16)17-4/h7,9H,5-6H2,1-4H3,(H,12,15)(H,13,14). The molecule has 0 bridgehead atoms. The molecule has 0 aliphatic carbocycles. The van der Waals surface area contributed by atoms with Crippen LogP contribution in [0.3, 0.4) is 0 Å². The molecule has 2 atom stereocenters. The van der Waals surface area contributed by atoms with E-state index in [0.29, 0.717) is 6.42 Å². The van der Waals surface area contributed by atoms with Crippen molar-refractivity contribution in [2.45, 2.75) is 45.7 Å². The molecule has 2 N–H and O–H groups in total. The van der Waals surface area contributed by atoms with Gasteiger partial charge in [-0.05, 0) is 13.3 Å². The summed E-state index contributed by atoms with van der Waals surface area (Å²) in [6.07, 6.45) is 1.28. The van der Waals surface area contributed by atoms with E-state index in [-0.39, 0.29) is 11.8 Å². The zero-order chi connectivity index (χ0) is 13.4. The number of hydrogen-bond acceptors (Lipinski definition) is 4. The van der Waals surface area contributed by atoms with Gasteiger partial charge in [-0.15, -0.1) is 0 Å². The highest BCUT2D eigenvalue weighted by atomic mass is 16.5. The van der Waals surface area contributed by atoms with Crippen LogP contribution in [0.15, 0.2) is 0 Å². The van der Waals surface area contributed by atoms with Crippen molar-refractivity contribution in [1.82, 2.24) is 10.6 Å². The van der Waals surface area contributed by atoms with Gasteiger partial charge in [0, 0.05) is 6.92 Å². The third-order valence-corrected chi connectivity index (χ3v) is 2.18. The van der Waals surface area contributed by atoms with Crippen molar-refractivity contribution >= 4 is 17.8 Å². The summed E-state index contributed by atoms with van der Waals surface area (Å²) in [7, 11) is 1.25. The normalized spacial score (nSPS) is 13.4. The minimum absolute atomic E-state index is 0.274. The van der Waals surface area contributed by atoms with Crippen LogP contribution in [0.1, 0.15) is 33.6 Å². The average Bonchev–Trinajstić information content (AvgIpc) is 2.26. The molecule has 0 aromatic rings. The van der Waals surface area contributed by atoms with Crippen LogP contribution in [0.5, 0.6) is 0 Å². The van der Waals surface area contributed by atoms with Crippen LogP contribution >= 0.6 is 0 Å². The summed E-state index contributed by atoms with van der Waals surface area (Å²) < 4.78 is 4.49. The summed E-state index contributed by atoms with van der Waals surface area (Å²) in [5.41, 5.74) is 0. The highest BCUT2D eigenvalue weighted by Gasteiger charge is 2.22. The highest BCUT2D eigenvalue weighted by Crippen LogP contribution is 1.98. The number of methoxy groups -OCH3 is 1. The Bertz CT molecular complexity index is 291. The zero-order valence-electron chi connectivity index (χ0n) is 10.7. The first-order valence-electron chi connectivity index (χ1n) is 5.57. The molecule has 0 rings (SSSR count). The molecular formula is C11H20N2O4. The molecule has 6 nitrogen and oxygen atoms in total. The predicted molar refractivity (Wildman–Crippen MR) is 62.1 cm³/mol. The van der Waals surface area contributed by atoms with Crippen molar-refractivity contribution in [3.05, 3.63) is 0 Å². The Kier molecular flexibility index (Phi) is 6.93. The van der Waals surface area contributed by atoms with E-state index >= 15 is 0 Å². The van der Waals surface area contributed by atoms with Gasteiger partial charge in [0.25, 0.3) is 0 Å². The molecule has 0 saturated heterocycles. The van der Waals surface area contributed by atoms with Crippen LogP contribution in [0.2, 0.25) is 0 Å². The van der Waals surface area contributed by atoms with Crippen molar-refractivity contribution in [3.8, 4) is 0 Å². The molecule has 2 amide bonds. The van der Waals surface area contributed by atoms with E-state index in [9.17, 15) is 14.4 Å². The molecular weight excluding hydrogens is 224 g/mol. The molecule has 0 radical (unpaired) electrons. The lowest BCUT2D eigenvalue weighted by atomic mass is 10.1. The Morgan fingerprint density at radius 2 is 1.82 bits per heavy atom. The van der Waals surface area contributed by atoms with Gasteiger partial charge in [-0.3, -0.25) is 9.59 Å². The van der Waals surface area contributed by atoms with E-state index in [1.54, 1.807) is 0 Å². The molecule has 0 aromatic carbocycles. The molecule has 0 saturated carbocycles. The molecule has 0 spiro atoms. The van der Waals surface area contributed by atoms with E-state index in [0.717, 1.165) is 6.42 Å². The number of rotatable bonds is 6. The van der Waals surface area contributed by atoms with Crippen LogP contribution in [-0.4, -0.2) is 37.0 Å². The fourth-order valence-electron chi connectivity index (χ4n) is 1.35. The SMILES string of the molecule is CCCC(NC(C)=O)C(=O)NC(C)C(=O)OC. The molecule has 0 aliphatic rings. The fraction of sp³-hybridized carbons (Fsp3) is 0.727. The second-order valence-corrected chi connectivity index (χ2v) is 3.80. The zero-order valence-corrected chi connectivity index (χ0v) is 10.7. The first kappa shape index (κ1) is 15.4. The summed E-state index contributed by atoms with van der Waals surface area (Å²) >= 11 is 0. The molecule has 0 heterocycles. The third kappa shape index (κ3) is 5.89. The van der Waals surface area contributed by atoms with Crippen molar-refractivity contribution in [1.29, 1.82) is 0 Å². The van der Waals surface area contributed by atoms with Gasteiger partial charge >= 0.3 is 5.97 Å². The topological polar surface area (TPSA) is 84.5 Å². The maximum Gasteiger partial charge on any atom is 0.328 e. The predicted octanol–water partition coefficient (Wildman–Crippen LogP) is -0.0311. The summed E-state index contributed by atoms with van der Waals surface area (Å²) in [6, 6.07) is -1.33. The van der Waals surface area contributed by atoms with Gasteiger partial charge in [0.15, 0.2) is 0 Å². The van der Waals surface area contributed by atoms with Gasteiger partial charge in [0.2, 0.25) is 11.8 Å². The largest absolute Gasteiger partial charge is 0.467 e. The monoisotopic (exact) mass is 244 g/mol. The number of esters is 1. The number of nitrogens with one attached hydrogen (secondary N) is 2. The number of carbonyl (C=O) groups is 3. The van der Waals surface area contributed by atoms with Crippen LogP contribution < -0.4 is 10.6 Å². The molecule has 6 heteroatoms. The summed E-state index contributed by atoms with van der Waals surface area (Å²) in [5, 5.41) is 5.03. The van der Waals surface area contributed by atoms with Crippen molar-refractivity contribution < 1.29 is 19.1 Å². The van der Waals surface area contributed by atoms with E-state index < -0.39 is 18.1 Å². The second kappa shape index (κ2) is 7.65. The molecule has 17 heavy (non-hydrogen) atoms. The van der Waals surface area contributed by atoms with Crippen LogP contribution in [0.4, 0.5) is 0 Å². The Hall–Kier alpha value is -1.59. The summed E-state index contributed by atoms with van der Waals surface area (Å²) in [5.74, 6) is -1.17. The summed E-state index contributed by atoms with van der Waals surface area (Å²) in [6.45, 7) is 4.78. The first-order chi connectivity index (χ1) is 7.92. The average molecular weight is 244 g/mol. The smallest absolute Gasteiger partial charge is 0.328 e. The van der Waals surface area contributed by atoms with Gasteiger partial charge in [0.1, 0.15) is 12.1 Å². The van der Waals surface area contributed by atoms with Gasteiger partial charge in [-0.25, -0.2) is 4.79 Å². The van der Waals surface area contributed by atoms with Crippen molar-refractivity contribution in [2.24, 2.45) is 0 Å². The lowest BCUT2D eigenvalue weighted by molar-refractivity contribution is -0.144. The van der Waals surface area contributed by atoms with Gasteiger partial charge in [0.05, 0.1) is 7.11 Å². The maximum absolute atomic E-state index is 11.8. The maximum atomic E-state index is 11.8. The summed E-state index contributed by atoms with van der Waals surface area (Å²) in [4.78, 5) is 33.8. The molecule has 2 unspecified atom stereocenters. The Morgan fingerprint density at radius 3 is 2.24 bits per heavy atom. The molecule has 98 valence electrons. The van der Waals surface area contributed by atoms with E-state index in [4.69, 9.17) is 0 Å². The van der Waals surface area contributed by atoms with Crippen molar-refractivity contribution in [2.75, 3.05) is 7.11 Å². The number of carbonyl (C=O) groups excluding carboxylic acids is 3. The van der Waals surface area contributed by atoms with E-state index in [2.05, 4.69) is 15.4 Å². The fourth-order valence-corrected chi connectivity index (χ4v) is 1.35. The minimum Gasteiger partial charge on any atom is -0.467 e. The number of ether oxygens (including phenoxy) is 1.